The molecule has 1 aromatic carbocycles. The van der Waals surface area contributed by atoms with Crippen molar-refractivity contribution < 1.29 is 4.39 Å². The predicted octanol–water partition coefficient (Wildman–Crippen LogP) is 3.29. The molecular formula is C16H25FN2. The van der Waals surface area contributed by atoms with Crippen LogP contribution in [0.4, 0.5) is 4.39 Å². The van der Waals surface area contributed by atoms with Crippen LogP contribution in [-0.4, -0.2) is 17.5 Å². The summed E-state index contributed by atoms with van der Waals surface area (Å²) >= 11 is 0. The quantitative estimate of drug-likeness (QED) is 0.819. The van der Waals surface area contributed by atoms with E-state index in [2.05, 4.69) is 18.7 Å². The highest BCUT2D eigenvalue weighted by atomic mass is 19.1. The van der Waals surface area contributed by atoms with E-state index in [0.29, 0.717) is 18.5 Å². The second kappa shape index (κ2) is 6.49. The fourth-order valence-corrected chi connectivity index (χ4v) is 2.32. The van der Waals surface area contributed by atoms with Gasteiger partial charge in [-0.05, 0) is 43.4 Å². The summed E-state index contributed by atoms with van der Waals surface area (Å²) in [7, 11) is 0. The maximum absolute atomic E-state index is 14.0. The summed E-state index contributed by atoms with van der Waals surface area (Å²) in [5.74, 6) is 0.587. The number of hydrogen-bond acceptors (Lipinski definition) is 2. The summed E-state index contributed by atoms with van der Waals surface area (Å²) in [4.78, 5) is 2.43. The van der Waals surface area contributed by atoms with Gasteiger partial charge < -0.3 is 5.73 Å². The van der Waals surface area contributed by atoms with Crippen LogP contribution in [-0.2, 0) is 13.1 Å². The number of hydrogen-bond donors (Lipinski definition) is 1. The third-order valence-corrected chi connectivity index (χ3v) is 3.78. The van der Waals surface area contributed by atoms with Crippen molar-refractivity contribution in [3.63, 3.8) is 0 Å². The Hall–Kier alpha value is -0.930. The minimum Gasteiger partial charge on any atom is -0.326 e. The van der Waals surface area contributed by atoms with E-state index >= 15 is 0 Å². The number of halogens is 1. The zero-order valence-electron chi connectivity index (χ0n) is 12.0. The van der Waals surface area contributed by atoms with Crippen molar-refractivity contribution >= 4 is 0 Å². The Bertz CT molecular complexity index is 413. The van der Waals surface area contributed by atoms with Crippen LogP contribution >= 0.6 is 0 Å². The van der Waals surface area contributed by atoms with Gasteiger partial charge >= 0.3 is 0 Å². The third kappa shape index (κ3) is 4.29. The van der Waals surface area contributed by atoms with Crippen molar-refractivity contribution in [3.05, 3.63) is 35.1 Å². The topological polar surface area (TPSA) is 29.3 Å². The number of rotatable bonds is 7. The van der Waals surface area contributed by atoms with Crippen molar-refractivity contribution in [2.45, 2.75) is 52.2 Å². The molecule has 0 unspecified atom stereocenters. The Morgan fingerprint density at radius 2 is 2.11 bits per heavy atom. The standard InChI is InChI=1S/C16H25FN2/c1-12(2)7-8-19(15-5-6-15)11-14-4-3-13(10-18)9-16(14)17/h3-4,9,12,15H,5-8,10-11,18H2,1-2H3. The molecule has 1 aromatic rings. The van der Waals surface area contributed by atoms with Crippen molar-refractivity contribution in [1.29, 1.82) is 0 Å². The molecule has 19 heavy (non-hydrogen) atoms. The van der Waals surface area contributed by atoms with Gasteiger partial charge in [0.05, 0.1) is 0 Å². The lowest BCUT2D eigenvalue weighted by Crippen LogP contribution is -2.28. The van der Waals surface area contributed by atoms with Gasteiger partial charge in [-0.2, -0.15) is 0 Å². The van der Waals surface area contributed by atoms with Crippen molar-refractivity contribution in [2.24, 2.45) is 11.7 Å². The Labute approximate surface area is 115 Å². The lowest BCUT2D eigenvalue weighted by atomic mass is 10.1. The van der Waals surface area contributed by atoms with Crippen LogP contribution in [0.5, 0.6) is 0 Å². The predicted molar refractivity (Wildman–Crippen MR) is 77.2 cm³/mol. The van der Waals surface area contributed by atoms with Crippen molar-refractivity contribution in [2.75, 3.05) is 6.54 Å². The van der Waals surface area contributed by atoms with E-state index in [1.165, 1.54) is 19.3 Å². The molecule has 3 heteroatoms. The molecule has 2 N–H and O–H groups in total. The molecule has 0 saturated heterocycles. The average Bonchev–Trinajstić information content (AvgIpc) is 3.20. The van der Waals surface area contributed by atoms with Gasteiger partial charge in [0, 0.05) is 24.7 Å². The Morgan fingerprint density at radius 3 is 2.63 bits per heavy atom. The number of nitrogens with two attached hydrogens (primary N) is 1. The molecule has 1 fully saturated rings. The highest BCUT2D eigenvalue weighted by Crippen LogP contribution is 2.29. The molecule has 0 atom stereocenters. The lowest BCUT2D eigenvalue weighted by Gasteiger charge is -2.23. The van der Waals surface area contributed by atoms with Crippen LogP contribution in [0.3, 0.4) is 0 Å². The van der Waals surface area contributed by atoms with E-state index in [0.717, 1.165) is 24.2 Å². The molecule has 0 aliphatic heterocycles. The highest BCUT2D eigenvalue weighted by molar-refractivity contribution is 5.24. The van der Waals surface area contributed by atoms with Crippen LogP contribution in [0.25, 0.3) is 0 Å². The fraction of sp³-hybridized carbons (Fsp3) is 0.625. The lowest BCUT2D eigenvalue weighted by molar-refractivity contribution is 0.236. The van der Waals surface area contributed by atoms with Gasteiger partial charge in [0.15, 0.2) is 0 Å². The van der Waals surface area contributed by atoms with Crippen LogP contribution in [0, 0.1) is 11.7 Å². The van der Waals surface area contributed by atoms with Gasteiger partial charge in [0.1, 0.15) is 5.82 Å². The van der Waals surface area contributed by atoms with Crippen LogP contribution < -0.4 is 5.73 Å². The minimum absolute atomic E-state index is 0.113. The third-order valence-electron chi connectivity index (χ3n) is 3.78. The van der Waals surface area contributed by atoms with Gasteiger partial charge in [-0.1, -0.05) is 26.0 Å². The normalized spacial score (nSPS) is 15.5. The van der Waals surface area contributed by atoms with E-state index in [-0.39, 0.29) is 5.82 Å². The van der Waals surface area contributed by atoms with Gasteiger partial charge in [-0.25, -0.2) is 4.39 Å². The maximum Gasteiger partial charge on any atom is 0.128 e. The van der Waals surface area contributed by atoms with E-state index < -0.39 is 0 Å². The molecular weight excluding hydrogens is 239 g/mol. The number of benzene rings is 1. The molecule has 2 rings (SSSR count). The van der Waals surface area contributed by atoms with E-state index in [1.807, 2.05) is 12.1 Å². The first-order valence-electron chi connectivity index (χ1n) is 7.31. The molecule has 0 spiro atoms. The SMILES string of the molecule is CC(C)CCN(Cc1ccc(CN)cc1F)C1CC1. The molecule has 0 bridgehead atoms. The first-order chi connectivity index (χ1) is 9.10. The van der Waals surface area contributed by atoms with Crippen LogP contribution in [0.15, 0.2) is 18.2 Å². The van der Waals surface area contributed by atoms with Crippen molar-refractivity contribution in [3.8, 4) is 0 Å². The second-order valence-electron chi connectivity index (χ2n) is 6.01. The van der Waals surface area contributed by atoms with Gasteiger partial charge in [-0.15, -0.1) is 0 Å². The zero-order chi connectivity index (χ0) is 13.8. The molecule has 1 saturated carbocycles. The Balaban J connectivity index is 2.00. The van der Waals surface area contributed by atoms with Crippen LogP contribution in [0.1, 0.15) is 44.2 Å². The maximum atomic E-state index is 14.0. The molecule has 0 aromatic heterocycles. The zero-order valence-corrected chi connectivity index (χ0v) is 12.0. The second-order valence-corrected chi connectivity index (χ2v) is 6.01. The number of nitrogens with zero attached hydrogens (tertiary/aromatic N) is 1. The first-order valence-corrected chi connectivity index (χ1v) is 7.31. The van der Waals surface area contributed by atoms with Crippen LogP contribution in [0.2, 0.25) is 0 Å². The minimum atomic E-state index is -0.113. The molecule has 106 valence electrons. The molecule has 1 aliphatic carbocycles. The Morgan fingerprint density at radius 1 is 1.37 bits per heavy atom. The fourth-order valence-electron chi connectivity index (χ4n) is 2.32. The van der Waals surface area contributed by atoms with Crippen molar-refractivity contribution in [1.82, 2.24) is 4.90 Å². The molecule has 0 heterocycles. The summed E-state index contributed by atoms with van der Waals surface area (Å²) in [6, 6.07) is 6.07. The summed E-state index contributed by atoms with van der Waals surface area (Å²) < 4.78 is 14.0. The average molecular weight is 264 g/mol. The first kappa shape index (κ1) is 14.5. The summed E-state index contributed by atoms with van der Waals surface area (Å²) in [6.07, 6.45) is 3.71. The monoisotopic (exact) mass is 264 g/mol. The van der Waals surface area contributed by atoms with Gasteiger partial charge in [-0.3, -0.25) is 4.90 Å². The summed E-state index contributed by atoms with van der Waals surface area (Å²) in [6.45, 7) is 6.68. The van der Waals surface area contributed by atoms with E-state index in [9.17, 15) is 4.39 Å². The highest BCUT2D eigenvalue weighted by Gasteiger charge is 2.29. The van der Waals surface area contributed by atoms with Gasteiger partial charge in [0.25, 0.3) is 0 Å². The van der Waals surface area contributed by atoms with E-state index in [4.69, 9.17) is 5.73 Å². The summed E-state index contributed by atoms with van der Waals surface area (Å²) in [5, 5.41) is 0. The smallest absolute Gasteiger partial charge is 0.128 e. The molecule has 0 radical (unpaired) electrons. The van der Waals surface area contributed by atoms with Gasteiger partial charge in [0.2, 0.25) is 0 Å². The largest absolute Gasteiger partial charge is 0.326 e. The summed E-state index contributed by atoms with van der Waals surface area (Å²) in [5.41, 5.74) is 7.19. The van der Waals surface area contributed by atoms with E-state index in [1.54, 1.807) is 6.07 Å². The molecule has 2 nitrogen and oxygen atoms in total. The Kier molecular flexibility index (Phi) is 4.94. The molecule has 0 amide bonds. The molecule has 1 aliphatic rings.